The first-order chi connectivity index (χ1) is 7.31. The maximum atomic E-state index is 5.52. The molecule has 1 nitrogen and oxygen atoms in total. The van der Waals surface area contributed by atoms with E-state index in [1.807, 2.05) is 0 Å². The Morgan fingerprint density at radius 3 is 2.60 bits per heavy atom. The van der Waals surface area contributed by atoms with E-state index in [1.165, 1.54) is 29.5 Å². The number of aryl methyl sites for hydroxylation is 1. The monoisotopic (exact) mass is 202 g/mol. The Labute approximate surface area is 91.8 Å². The molecule has 2 rings (SSSR count). The first-order valence-electron chi connectivity index (χ1n) is 5.61. The molecule has 1 unspecified atom stereocenters. The van der Waals surface area contributed by atoms with Crippen molar-refractivity contribution in [1.29, 1.82) is 0 Å². The molecule has 1 aromatic carbocycles. The van der Waals surface area contributed by atoms with Crippen LogP contribution in [0.25, 0.3) is 5.57 Å². The molecule has 0 aromatic heterocycles. The maximum Gasteiger partial charge on any atom is 0.0824 e. The lowest BCUT2D eigenvalue weighted by atomic mass is 9.90. The van der Waals surface area contributed by atoms with Crippen LogP contribution < -0.4 is 0 Å². The van der Waals surface area contributed by atoms with E-state index < -0.39 is 0 Å². The molecular formula is C14H18O. The summed E-state index contributed by atoms with van der Waals surface area (Å²) in [6, 6.07) is 8.71. The average Bonchev–Trinajstić information content (AvgIpc) is 2.30. The smallest absolute Gasteiger partial charge is 0.0824 e. The zero-order valence-electron chi connectivity index (χ0n) is 9.49. The van der Waals surface area contributed by atoms with E-state index in [2.05, 4.69) is 37.3 Å². The highest BCUT2D eigenvalue weighted by Gasteiger charge is 2.17. The van der Waals surface area contributed by atoms with Crippen LogP contribution in [-0.2, 0) is 4.74 Å². The summed E-state index contributed by atoms with van der Waals surface area (Å²) >= 11 is 0. The van der Waals surface area contributed by atoms with Gasteiger partial charge in [0.1, 0.15) is 0 Å². The van der Waals surface area contributed by atoms with Crippen molar-refractivity contribution in [2.75, 3.05) is 7.11 Å². The zero-order chi connectivity index (χ0) is 10.7. The van der Waals surface area contributed by atoms with E-state index in [9.17, 15) is 0 Å². The molecule has 0 radical (unpaired) electrons. The molecule has 0 saturated carbocycles. The topological polar surface area (TPSA) is 9.23 Å². The fraction of sp³-hybridized carbons (Fsp3) is 0.429. The van der Waals surface area contributed by atoms with Crippen LogP contribution in [0.1, 0.15) is 30.4 Å². The van der Waals surface area contributed by atoms with Crippen LogP contribution >= 0.6 is 0 Å². The third-order valence-corrected chi connectivity index (χ3v) is 3.05. The molecule has 0 spiro atoms. The zero-order valence-corrected chi connectivity index (χ0v) is 9.49. The van der Waals surface area contributed by atoms with E-state index in [0.717, 1.165) is 6.42 Å². The van der Waals surface area contributed by atoms with Gasteiger partial charge in [0.15, 0.2) is 0 Å². The summed E-state index contributed by atoms with van der Waals surface area (Å²) in [5.74, 6) is 0. The van der Waals surface area contributed by atoms with E-state index >= 15 is 0 Å². The quantitative estimate of drug-likeness (QED) is 0.712. The van der Waals surface area contributed by atoms with Crippen molar-refractivity contribution in [3.63, 3.8) is 0 Å². The van der Waals surface area contributed by atoms with Gasteiger partial charge in [-0.1, -0.05) is 35.9 Å². The summed E-state index contributed by atoms with van der Waals surface area (Å²) in [6.07, 6.45) is 6.19. The lowest BCUT2D eigenvalue weighted by Gasteiger charge is -2.23. The first-order valence-corrected chi connectivity index (χ1v) is 5.61. The summed E-state index contributed by atoms with van der Waals surface area (Å²) in [4.78, 5) is 0. The highest BCUT2D eigenvalue weighted by atomic mass is 16.5. The Bertz CT molecular complexity index is 348. The van der Waals surface area contributed by atoms with Gasteiger partial charge in [0.05, 0.1) is 6.10 Å². The van der Waals surface area contributed by atoms with E-state index in [1.54, 1.807) is 7.11 Å². The molecule has 1 heteroatoms. The Kier molecular flexibility index (Phi) is 3.22. The third-order valence-electron chi connectivity index (χ3n) is 3.05. The van der Waals surface area contributed by atoms with E-state index in [-0.39, 0.29) is 0 Å². The Hall–Kier alpha value is -1.08. The summed E-state index contributed by atoms with van der Waals surface area (Å²) in [5, 5.41) is 0. The Morgan fingerprint density at radius 2 is 1.93 bits per heavy atom. The van der Waals surface area contributed by atoms with Crippen molar-refractivity contribution < 1.29 is 4.74 Å². The van der Waals surface area contributed by atoms with E-state index in [0.29, 0.717) is 6.10 Å². The number of ether oxygens (including phenoxy) is 1. The molecule has 1 atom stereocenters. The van der Waals surface area contributed by atoms with Gasteiger partial charge in [0, 0.05) is 7.11 Å². The van der Waals surface area contributed by atoms with Crippen LogP contribution in [0.5, 0.6) is 0 Å². The predicted molar refractivity (Wildman–Crippen MR) is 63.8 cm³/mol. The molecule has 0 fully saturated rings. The minimum atomic E-state index is 0.293. The van der Waals surface area contributed by atoms with Crippen LogP contribution in [0.15, 0.2) is 30.3 Å². The second-order valence-electron chi connectivity index (χ2n) is 4.18. The molecule has 1 aliphatic carbocycles. The summed E-state index contributed by atoms with van der Waals surface area (Å²) in [7, 11) is 1.80. The number of methoxy groups -OCH3 is 1. The highest BCUT2D eigenvalue weighted by molar-refractivity contribution is 5.69. The lowest BCUT2D eigenvalue weighted by Crippen LogP contribution is -2.15. The van der Waals surface area contributed by atoms with Crippen LogP contribution in [-0.4, -0.2) is 13.2 Å². The number of allylic oxidation sites excluding steroid dienone is 1. The Balaban J connectivity index is 2.28. The third kappa shape index (κ3) is 2.29. The number of rotatable bonds is 2. The molecule has 0 aliphatic heterocycles. The molecule has 0 bridgehead atoms. The van der Waals surface area contributed by atoms with Crippen molar-refractivity contribution in [3.05, 3.63) is 41.5 Å². The minimum Gasteiger partial charge on any atom is -0.377 e. The van der Waals surface area contributed by atoms with Gasteiger partial charge < -0.3 is 4.74 Å². The minimum absolute atomic E-state index is 0.293. The standard InChI is InChI=1S/C14H18O/c1-11-7-9-12(10-8-11)13-5-3-4-6-14(13)15-2/h5,7-10,14H,3-4,6H2,1-2H3. The predicted octanol–water partition coefficient (Wildman–Crippen LogP) is 3.58. The summed E-state index contributed by atoms with van der Waals surface area (Å²) < 4.78 is 5.52. The maximum absolute atomic E-state index is 5.52. The lowest BCUT2D eigenvalue weighted by molar-refractivity contribution is 0.136. The molecule has 0 N–H and O–H groups in total. The SMILES string of the molecule is COC1CCCC=C1c1ccc(C)cc1. The number of benzene rings is 1. The van der Waals surface area contributed by atoms with Gasteiger partial charge in [-0.25, -0.2) is 0 Å². The molecule has 80 valence electrons. The van der Waals surface area contributed by atoms with Crippen molar-refractivity contribution in [1.82, 2.24) is 0 Å². The summed E-state index contributed by atoms with van der Waals surface area (Å²) in [6.45, 7) is 2.12. The van der Waals surface area contributed by atoms with Gasteiger partial charge in [0.2, 0.25) is 0 Å². The fourth-order valence-corrected chi connectivity index (χ4v) is 2.14. The fourth-order valence-electron chi connectivity index (χ4n) is 2.14. The van der Waals surface area contributed by atoms with Crippen molar-refractivity contribution in [2.45, 2.75) is 32.3 Å². The highest BCUT2D eigenvalue weighted by Crippen LogP contribution is 2.29. The molecule has 0 heterocycles. The second-order valence-corrected chi connectivity index (χ2v) is 4.18. The van der Waals surface area contributed by atoms with Gasteiger partial charge >= 0.3 is 0 Å². The van der Waals surface area contributed by atoms with Crippen molar-refractivity contribution in [3.8, 4) is 0 Å². The molecular weight excluding hydrogens is 184 g/mol. The number of hydrogen-bond donors (Lipinski definition) is 0. The molecule has 1 aliphatic rings. The van der Waals surface area contributed by atoms with Gasteiger partial charge in [-0.3, -0.25) is 0 Å². The van der Waals surface area contributed by atoms with Gasteiger partial charge in [-0.15, -0.1) is 0 Å². The normalized spacial score (nSPS) is 21.2. The van der Waals surface area contributed by atoms with Crippen molar-refractivity contribution in [2.24, 2.45) is 0 Å². The van der Waals surface area contributed by atoms with Crippen molar-refractivity contribution >= 4 is 5.57 Å². The summed E-state index contributed by atoms with van der Waals surface area (Å²) in [5.41, 5.74) is 3.99. The van der Waals surface area contributed by atoms with Gasteiger partial charge in [-0.05, 0) is 37.3 Å². The average molecular weight is 202 g/mol. The van der Waals surface area contributed by atoms with Crippen LogP contribution in [0.2, 0.25) is 0 Å². The first kappa shape index (κ1) is 10.4. The second kappa shape index (κ2) is 4.63. The van der Waals surface area contributed by atoms with Gasteiger partial charge in [-0.2, -0.15) is 0 Å². The largest absolute Gasteiger partial charge is 0.377 e. The number of hydrogen-bond acceptors (Lipinski definition) is 1. The van der Waals surface area contributed by atoms with Crippen LogP contribution in [0.4, 0.5) is 0 Å². The van der Waals surface area contributed by atoms with Crippen LogP contribution in [0, 0.1) is 6.92 Å². The van der Waals surface area contributed by atoms with Crippen LogP contribution in [0.3, 0.4) is 0 Å². The Morgan fingerprint density at radius 1 is 1.20 bits per heavy atom. The molecule has 1 aromatic rings. The molecule has 0 amide bonds. The van der Waals surface area contributed by atoms with Gasteiger partial charge in [0.25, 0.3) is 0 Å². The van der Waals surface area contributed by atoms with E-state index in [4.69, 9.17) is 4.74 Å². The molecule has 15 heavy (non-hydrogen) atoms. The molecule has 0 saturated heterocycles.